The van der Waals surface area contributed by atoms with E-state index in [2.05, 4.69) is 25.2 Å². The summed E-state index contributed by atoms with van der Waals surface area (Å²) in [6.45, 7) is 8.39. The van der Waals surface area contributed by atoms with Gasteiger partial charge in [0.05, 0.1) is 12.9 Å². The predicted molar refractivity (Wildman–Crippen MR) is 51.2 cm³/mol. The molecule has 0 aromatic heterocycles. The third-order valence-corrected chi connectivity index (χ3v) is 1.10. The van der Waals surface area contributed by atoms with Gasteiger partial charge in [0.2, 0.25) is 0 Å². The third-order valence-electron chi connectivity index (χ3n) is 1.10. The summed E-state index contributed by atoms with van der Waals surface area (Å²) in [6, 6.07) is 0. The smallest absolute Gasteiger partial charge is 0.338 e. The highest BCUT2D eigenvalue weighted by molar-refractivity contribution is 6.04. The molecule has 0 aromatic carbocycles. The van der Waals surface area contributed by atoms with E-state index >= 15 is 0 Å². The van der Waals surface area contributed by atoms with Gasteiger partial charge in [-0.1, -0.05) is 20.4 Å². The van der Waals surface area contributed by atoms with E-state index < -0.39 is 11.9 Å². The molecule has 0 amide bonds. The first-order chi connectivity index (χ1) is 6.56. The van der Waals surface area contributed by atoms with Crippen molar-refractivity contribution in [2.24, 2.45) is 5.92 Å². The van der Waals surface area contributed by atoms with Crippen LogP contribution < -0.4 is 0 Å². The first-order valence-electron chi connectivity index (χ1n) is 4.22. The number of hydrogen-bond acceptors (Lipinski definition) is 4. The molecule has 1 rings (SSSR count). The number of cyclic esters (lactones) is 2. The van der Waals surface area contributed by atoms with Gasteiger partial charge < -0.3 is 9.47 Å². The van der Waals surface area contributed by atoms with Crippen LogP contribution in [0.15, 0.2) is 25.0 Å². The molecule has 0 saturated heterocycles. The average Bonchev–Trinajstić information content (AvgIpc) is 2.47. The van der Waals surface area contributed by atoms with Crippen LogP contribution in [0.1, 0.15) is 13.8 Å². The fourth-order valence-electron chi connectivity index (χ4n) is 0.564. The molecule has 1 aliphatic heterocycles. The molecule has 0 saturated carbocycles. The van der Waals surface area contributed by atoms with Gasteiger partial charge in [0.25, 0.3) is 0 Å². The Morgan fingerprint density at radius 1 is 1.43 bits per heavy atom. The van der Waals surface area contributed by atoms with E-state index in [1.165, 1.54) is 6.26 Å². The molecular weight excluding hydrogens is 184 g/mol. The number of carbonyl (C=O) groups excluding carboxylic acids is 2. The Kier molecular flexibility index (Phi) is 6.11. The molecule has 0 aliphatic carbocycles. The Morgan fingerprint density at radius 2 is 1.93 bits per heavy atom. The van der Waals surface area contributed by atoms with E-state index in [1.54, 1.807) is 0 Å². The van der Waals surface area contributed by atoms with E-state index in [1.807, 2.05) is 0 Å². The van der Waals surface area contributed by atoms with Crippen LogP contribution in [0.3, 0.4) is 0 Å². The van der Waals surface area contributed by atoms with E-state index in [9.17, 15) is 9.59 Å². The van der Waals surface area contributed by atoms with E-state index in [4.69, 9.17) is 4.74 Å². The molecular formula is C10H14O4. The standard InChI is InChI=1S/C6H12O.C4H2O3/c1-4-7-5-6(2)3;5-3-1-2-4(6)7-3/h4,6H,1,5H2,2-3H3;1-2H. The van der Waals surface area contributed by atoms with Crippen LogP contribution in [-0.2, 0) is 19.1 Å². The Hall–Kier alpha value is -1.58. The minimum absolute atomic E-state index is 0.579. The zero-order valence-corrected chi connectivity index (χ0v) is 8.36. The third kappa shape index (κ3) is 7.09. The summed E-state index contributed by atoms with van der Waals surface area (Å²) in [7, 11) is 0. The highest BCUT2D eigenvalue weighted by Crippen LogP contribution is 1.92. The van der Waals surface area contributed by atoms with Crippen molar-refractivity contribution in [3.8, 4) is 0 Å². The quantitative estimate of drug-likeness (QED) is 0.391. The van der Waals surface area contributed by atoms with Gasteiger partial charge in [-0.15, -0.1) is 0 Å². The fourth-order valence-corrected chi connectivity index (χ4v) is 0.564. The van der Waals surface area contributed by atoms with Gasteiger partial charge in [-0.3, -0.25) is 0 Å². The zero-order chi connectivity index (χ0) is 11.0. The van der Waals surface area contributed by atoms with Crippen LogP contribution in [0.2, 0.25) is 0 Å². The Morgan fingerprint density at radius 3 is 2.07 bits per heavy atom. The van der Waals surface area contributed by atoms with Gasteiger partial charge in [0.1, 0.15) is 0 Å². The molecule has 4 heteroatoms. The maximum Gasteiger partial charge on any atom is 0.338 e. The van der Waals surface area contributed by atoms with Crippen LogP contribution in [0.5, 0.6) is 0 Å². The van der Waals surface area contributed by atoms with Crippen LogP contribution in [0.25, 0.3) is 0 Å². The fraction of sp³-hybridized carbons (Fsp3) is 0.400. The highest BCUT2D eigenvalue weighted by Gasteiger charge is 2.10. The zero-order valence-electron chi connectivity index (χ0n) is 8.36. The first-order valence-corrected chi connectivity index (χ1v) is 4.22. The second-order valence-corrected chi connectivity index (χ2v) is 2.97. The summed E-state index contributed by atoms with van der Waals surface area (Å²) in [5.41, 5.74) is 0. The largest absolute Gasteiger partial charge is 0.502 e. The first kappa shape index (κ1) is 12.4. The molecule has 78 valence electrons. The molecule has 1 aliphatic rings. The number of ether oxygens (including phenoxy) is 2. The molecule has 0 bridgehead atoms. The summed E-state index contributed by atoms with van der Waals surface area (Å²) in [5.74, 6) is -0.548. The summed E-state index contributed by atoms with van der Waals surface area (Å²) in [4.78, 5) is 19.8. The lowest BCUT2D eigenvalue weighted by Gasteiger charge is -2.00. The average molecular weight is 198 g/mol. The lowest BCUT2D eigenvalue weighted by Crippen LogP contribution is -1.96. The van der Waals surface area contributed by atoms with Gasteiger partial charge in [-0.05, 0) is 5.92 Å². The van der Waals surface area contributed by atoms with Crippen molar-refractivity contribution < 1.29 is 19.1 Å². The number of esters is 2. The Labute approximate surface area is 83.2 Å². The molecule has 0 atom stereocenters. The van der Waals surface area contributed by atoms with Crippen molar-refractivity contribution in [1.29, 1.82) is 0 Å². The lowest BCUT2D eigenvalue weighted by molar-refractivity contribution is -0.150. The molecule has 0 radical (unpaired) electrons. The number of hydrogen-bond donors (Lipinski definition) is 0. The van der Waals surface area contributed by atoms with Crippen molar-refractivity contribution >= 4 is 11.9 Å². The topological polar surface area (TPSA) is 52.6 Å². The van der Waals surface area contributed by atoms with E-state index in [0.29, 0.717) is 5.92 Å². The van der Waals surface area contributed by atoms with Crippen LogP contribution in [0.4, 0.5) is 0 Å². The maximum absolute atomic E-state index is 9.92. The molecule has 0 N–H and O–H groups in total. The van der Waals surface area contributed by atoms with Crippen LogP contribution >= 0.6 is 0 Å². The Bertz CT molecular complexity index is 225. The molecule has 0 spiro atoms. The van der Waals surface area contributed by atoms with Crippen molar-refractivity contribution in [2.75, 3.05) is 6.61 Å². The summed E-state index contributed by atoms with van der Waals surface area (Å²) < 4.78 is 8.83. The van der Waals surface area contributed by atoms with Gasteiger partial charge in [-0.25, -0.2) is 9.59 Å². The summed E-state index contributed by atoms with van der Waals surface area (Å²) in [5, 5.41) is 0. The number of rotatable bonds is 3. The lowest BCUT2D eigenvalue weighted by atomic mass is 10.2. The summed E-state index contributed by atoms with van der Waals surface area (Å²) >= 11 is 0. The second kappa shape index (κ2) is 6.88. The summed E-state index contributed by atoms with van der Waals surface area (Å²) in [6.07, 6.45) is 3.64. The molecule has 4 nitrogen and oxygen atoms in total. The predicted octanol–water partition coefficient (Wildman–Crippen LogP) is 1.43. The molecule has 1 heterocycles. The maximum atomic E-state index is 9.92. The monoisotopic (exact) mass is 198 g/mol. The number of carbonyl (C=O) groups is 2. The normalized spacial score (nSPS) is 13.4. The van der Waals surface area contributed by atoms with Gasteiger partial charge in [0.15, 0.2) is 0 Å². The molecule has 0 unspecified atom stereocenters. The van der Waals surface area contributed by atoms with Crippen molar-refractivity contribution in [1.82, 2.24) is 0 Å². The molecule has 0 aromatic rings. The van der Waals surface area contributed by atoms with E-state index in [0.717, 1.165) is 18.8 Å². The van der Waals surface area contributed by atoms with Crippen LogP contribution in [-0.4, -0.2) is 18.5 Å². The van der Waals surface area contributed by atoms with Gasteiger partial charge >= 0.3 is 11.9 Å². The van der Waals surface area contributed by atoms with Gasteiger partial charge in [-0.2, -0.15) is 0 Å². The van der Waals surface area contributed by atoms with Crippen molar-refractivity contribution in [3.05, 3.63) is 25.0 Å². The van der Waals surface area contributed by atoms with Crippen molar-refractivity contribution in [2.45, 2.75) is 13.8 Å². The SMILES string of the molecule is C=COCC(C)C.O=C1C=CC(=O)O1. The Balaban J connectivity index is 0.000000241. The minimum Gasteiger partial charge on any atom is -0.502 e. The van der Waals surface area contributed by atoms with E-state index in [-0.39, 0.29) is 0 Å². The van der Waals surface area contributed by atoms with Crippen LogP contribution in [0, 0.1) is 5.92 Å². The highest BCUT2D eigenvalue weighted by atomic mass is 16.6. The second-order valence-electron chi connectivity index (χ2n) is 2.97. The minimum atomic E-state index is -0.579. The molecule has 0 fully saturated rings. The van der Waals surface area contributed by atoms with Gasteiger partial charge in [0, 0.05) is 12.2 Å². The molecule has 14 heavy (non-hydrogen) atoms. The van der Waals surface area contributed by atoms with Crippen molar-refractivity contribution in [3.63, 3.8) is 0 Å².